The van der Waals surface area contributed by atoms with E-state index >= 15 is 0 Å². The highest BCUT2D eigenvalue weighted by molar-refractivity contribution is 9.10. The number of methoxy groups -OCH3 is 1. The van der Waals surface area contributed by atoms with Crippen molar-refractivity contribution in [3.05, 3.63) is 34.1 Å². The number of ether oxygens (including phenoxy) is 1. The summed E-state index contributed by atoms with van der Waals surface area (Å²) in [5.41, 5.74) is 2.99. The number of halogens is 2. The number of rotatable bonds is 4. The van der Waals surface area contributed by atoms with Crippen LogP contribution in [-0.2, 0) is 4.74 Å². The van der Waals surface area contributed by atoms with Crippen molar-refractivity contribution in [3.63, 3.8) is 0 Å². The summed E-state index contributed by atoms with van der Waals surface area (Å²) in [7, 11) is 1.54. The second-order valence-corrected chi connectivity index (χ2v) is 3.76. The summed E-state index contributed by atoms with van der Waals surface area (Å²) in [6.07, 6.45) is 0. The van der Waals surface area contributed by atoms with Crippen molar-refractivity contribution >= 4 is 15.9 Å². The molecule has 0 heterocycles. The maximum Gasteiger partial charge on any atom is 0.128 e. The zero-order valence-corrected chi connectivity index (χ0v) is 9.34. The molecule has 0 saturated heterocycles. The summed E-state index contributed by atoms with van der Waals surface area (Å²) >= 11 is 3.27. The Morgan fingerprint density at radius 1 is 1.64 bits per heavy atom. The molecule has 1 aromatic rings. The average molecular weight is 263 g/mol. The third-order valence-electron chi connectivity index (χ3n) is 1.87. The van der Waals surface area contributed by atoms with Crippen LogP contribution in [0, 0.1) is 5.82 Å². The third-order valence-corrected chi connectivity index (χ3v) is 2.36. The molecule has 0 aliphatic rings. The lowest BCUT2D eigenvalue weighted by molar-refractivity contribution is 0.165. The minimum atomic E-state index is -0.336. The number of nitrogens with two attached hydrogens (primary N) is 1. The molecule has 0 amide bonds. The topological polar surface area (TPSA) is 47.3 Å². The van der Waals surface area contributed by atoms with Crippen LogP contribution in [0.4, 0.5) is 4.39 Å². The first-order chi connectivity index (χ1) is 6.69. The molecule has 78 valence electrons. The lowest BCUT2D eigenvalue weighted by Crippen LogP contribution is -2.31. The maximum absolute atomic E-state index is 13.4. The molecule has 3 nitrogen and oxygen atoms in total. The second-order valence-electron chi connectivity index (χ2n) is 2.84. The van der Waals surface area contributed by atoms with Gasteiger partial charge in [-0.15, -0.1) is 0 Å². The van der Waals surface area contributed by atoms with Crippen LogP contribution in [0.25, 0.3) is 0 Å². The van der Waals surface area contributed by atoms with Gasteiger partial charge in [-0.2, -0.15) is 0 Å². The molecule has 1 atom stereocenters. The molecule has 0 fully saturated rings. The van der Waals surface area contributed by atoms with Crippen molar-refractivity contribution in [3.8, 4) is 0 Å². The van der Waals surface area contributed by atoms with Crippen LogP contribution in [0.15, 0.2) is 22.7 Å². The molecule has 0 aliphatic heterocycles. The molecular formula is C9H12BrFN2O. The summed E-state index contributed by atoms with van der Waals surface area (Å²) in [5, 5.41) is 0. The smallest absolute Gasteiger partial charge is 0.128 e. The largest absolute Gasteiger partial charge is 0.383 e. The van der Waals surface area contributed by atoms with Crippen molar-refractivity contribution < 1.29 is 9.13 Å². The van der Waals surface area contributed by atoms with E-state index in [1.54, 1.807) is 19.2 Å². The zero-order valence-electron chi connectivity index (χ0n) is 7.76. The SMILES string of the molecule is COCC(NN)c1cc(Br)ccc1F. The lowest BCUT2D eigenvalue weighted by Gasteiger charge is -2.16. The standard InChI is InChI=1S/C9H12BrFN2O/c1-14-5-9(13-12)7-4-6(10)2-3-8(7)11/h2-4,9,13H,5,12H2,1H3. The van der Waals surface area contributed by atoms with Crippen LogP contribution in [0.2, 0.25) is 0 Å². The van der Waals surface area contributed by atoms with Gasteiger partial charge in [0.05, 0.1) is 12.6 Å². The lowest BCUT2D eigenvalue weighted by atomic mass is 10.1. The van der Waals surface area contributed by atoms with E-state index in [1.807, 2.05) is 0 Å². The van der Waals surface area contributed by atoms with Gasteiger partial charge in [0.1, 0.15) is 5.82 Å². The highest BCUT2D eigenvalue weighted by Gasteiger charge is 2.14. The molecule has 0 radical (unpaired) electrons. The van der Waals surface area contributed by atoms with Gasteiger partial charge in [-0.1, -0.05) is 15.9 Å². The molecule has 5 heteroatoms. The van der Waals surface area contributed by atoms with Gasteiger partial charge in [0.15, 0.2) is 0 Å². The predicted molar refractivity (Wildman–Crippen MR) is 56.0 cm³/mol. The van der Waals surface area contributed by atoms with Gasteiger partial charge >= 0.3 is 0 Å². The predicted octanol–water partition coefficient (Wildman–Crippen LogP) is 1.74. The molecule has 1 aromatic carbocycles. The Kier molecular flexibility index (Phi) is 4.47. The Morgan fingerprint density at radius 3 is 2.93 bits per heavy atom. The molecule has 3 N–H and O–H groups in total. The second kappa shape index (κ2) is 5.41. The van der Waals surface area contributed by atoms with Gasteiger partial charge in [0.25, 0.3) is 0 Å². The van der Waals surface area contributed by atoms with Gasteiger partial charge < -0.3 is 4.74 Å². The molecule has 1 rings (SSSR count). The van der Waals surface area contributed by atoms with E-state index in [2.05, 4.69) is 21.4 Å². The summed E-state index contributed by atoms with van der Waals surface area (Å²) < 4.78 is 19.1. The summed E-state index contributed by atoms with van der Waals surface area (Å²) in [4.78, 5) is 0. The van der Waals surface area contributed by atoms with E-state index < -0.39 is 0 Å². The van der Waals surface area contributed by atoms with Crippen LogP contribution >= 0.6 is 15.9 Å². The molecular weight excluding hydrogens is 251 g/mol. The average Bonchev–Trinajstić information content (AvgIpc) is 2.18. The van der Waals surface area contributed by atoms with E-state index in [-0.39, 0.29) is 11.9 Å². The first kappa shape index (κ1) is 11.6. The van der Waals surface area contributed by atoms with Crippen molar-refractivity contribution in [2.24, 2.45) is 5.84 Å². The summed E-state index contributed by atoms with van der Waals surface area (Å²) in [6.45, 7) is 0.323. The maximum atomic E-state index is 13.4. The zero-order chi connectivity index (χ0) is 10.6. The highest BCUT2D eigenvalue weighted by atomic mass is 79.9. The van der Waals surface area contributed by atoms with Gasteiger partial charge in [0.2, 0.25) is 0 Å². The quantitative estimate of drug-likeness (QED) is 0.642. The van der Waals surface area contributed by atoms with Gasteiger partial charge in [-0.25, -0.2) is 4.39 Å². The Bertz CT molecular complexity index is 309. The Labute approximate surface area is 90.5 Å². The Morgan fingerprint density at radius 2 is 2.36 bits per heavy atom. The van der Waals surface area contributed by atoms with Crippen molar-refractivity contribution in [2.75, 3.05) is 13.7 Å². The number of hydrazine groups is 1. The number of hydrogen-bond donors (Lipinski definition) is 2. The molecule has 0 spiro atoms. The molecule has 1 unspecified atom stereocenters. The van der Waals surface area contributed by atoms with Crippen LogP contribution < -0.4 is 11.3 Å². The molecule has 14 heavy (non-hydrogen) atoms. The molecule has 0 saturated carbocycles. The first-order valence-electron chi connectivity index (χ1n) is 4.09. The van der Waals surface area contributed by atoms with Crippen molar-refractivity contribution in [1.29, 1.82) is 0 Å². The Hall–Kier alpha value is -0.490. The fraction of sp³-hybridized carbons (Fsp3) is 0.333. The number of nitrogens with one attached hydrogen (secondary N) is 1. The monoisotopic (exact) mass is 262 g/mol. The number of hydrogen-bond acceptors (Lipinski definition) is 3. The van der Waals surface area contributed by atoms with E-state index in [1.165, 1.54) is 6.07 Å². The van der Waals surface area contributed by atoms with E-state index in [0.29, 0.717) is 12.2 Å². The van der Waals surface area contributed by atoms with Gasteiger partial charge in [-0.3, -0.25) is 11.3 Å². The van der Waals surface area contributed by atoms with Gasteiger partial charge in [0, 0.05) is 17.1 Å². The third kappa shape index (κ3) is 2.75. The molecule has 0 aliphatic carbocycles. The minimum absolute atomic E-state index is 0.298. The van der Waals surface area contributed by atoms with Crippen LogP contribution in [0.5, 0.6) is 0 Å². The highest BCUT2D eigenvalue weighted by Crippen LogP contribution is 2.21. The van der Waals surface area contributed by atoms with Crippen LogP contribution in [0.1, 0.15) is 11.6 Å². The van der Waals surface area contributed by atoms with Crippen LogP contribution in [0.3, 0.4) is 0 Å². The summed E-state index contributed by atoms with van der Waals surface area (Å²) in [6, 6.07) is 4.37. The minimum Gasteiger partial charge on any atom is -0.383 e. The van der Waals surface area contributed by atoms with E-state index in [4.69, 9.17) is 10.6 Å². The Balaban J connectivity index is 2.96. The fourth-order valence-electron chi connectivity index (χ4n) is 1.18. The van der Waals surface area contributed by atoms with Crippen molar-refractivity contribution in [2.45, 2.75) is 6.04 Å². The fourth-order valence-corrected chi connectivity index (χ4v) is 1.55. The number of benzene rings is 1. The van der Waals surface area contributed by atoms with E-state index in [0.717, 1.165) is 4.47 Å². The molecule has 0 aromatic heterocycles. The first-order valence-corrected chi connectivity index (χ1v) is 4.88. The normalized spacial score (nSPS) is 12.9. The van der Waals surface area contributed by atoms with Crippen molar-refractivity contribution in [1.82, 2.24) is 5.43 Å². The summed E-state index contributed by atoms with van der Waals surface area (Å²) in [5.74, 6) is 5.00. The molecule has 0 bridgehead atoms. The van der Waals surface area contributed by atoms with Gasteiger partial charge in [-0.05, 0) is 18.2 Å². The van der Waals surface area contributed by atoms with Crippen LogP contribution in [-0.4, -0.2) is 13.7 Å². The van der Waals surface area contributed by atoms with E-state index in [9.17, 15) is 4.39 Å².